The molecular weight excluding hydrogens is 280 g/mol. The van der Waals surface area contributed by atoms with Crippen molar-refractivity contribution in [3.63, 3.8) is 0 Å². The fourth-order valence-electron chi connectivity index (χ4n) is 2.41. The second kappa shape index (κ2) is 6.45. The number of aryl methyl sites for hydroxylation is 2. The smallest absolute Gasteiger partial charge is 0.192 e. The van der Waals surface area contributed by atoms with Gasteiger partial charge in [0.05, 0.1) is 5.39 Å². The summed E-state index contributed by atoms with van der Waals surface area (Å²) < 4.78 is 10.8. The Morgan fingerprint density at radius 2 is 1.86 bits per heavy atom. The van der Waals surface area contributed by atoms with Crippen molar-refractivity contribution in [1.29, 1.82) is 0 Å². The summed E-state index contributed by atoms with van der Waals surface area (Å²) in [7, 11) is 0. The quantitative estimate of drug-likeness (QED) is 0.735. The zero-order valence-electron chi connectivity index (χ0n) is 12.0. The molecule has 0 saturated carbocycles. The van der Waals surface area contributed by atoms with Gasteiger partial charge in [0.1, 0.15) is 17.1 Å². The van der Waals surface area contributed by atoms with E-state index in [1.807, 2.05) is 30.3 Å². The summed E-state index contributed by atoms with van der Waals surface area (Å²) in [6.07, 6.45) is 1.35. The number of fused-ring (bicyclic) bond motifs is 1. The first-order valence-corrected chi connectivity index (χ1v) is 7.10. The summed E-state index contributed by atoms with van der Waals surface area (Å²) in [5.74, 6) is 1.29. The Kier molecular flexibility index (Phi) is 4.21. The molecule has 1 aromatic heterocycles. The van der Waals surface area contributed by atoms with E-state index in [0.717, 1.165) is 12.0 Å². The molecule has 1 N–H and O–H groups in total. The highest BCUT2D eigenvalue weighted by molar-refractivity contribution is 5.76. The van der Waals surface area contributed by atoms with E-state index in [9.17, 15) is 4.79 Å². The summed E-state index contributed by atoms with van der Waals surface area (Å²) in [4.78, 5) is 12.0. The molecule has 112 valence electrons. The summed E-state index contributed by atoms with van der Waals surface area (Å²) in [6, 6.07) is 16.3. The highest BCUT2D eigenvalue weighted by Crippen LogP contribution is 2.17. The van der Waals surface area contributed by atoms with Gasteiger partial charge in [0, 0.05) is 12.5 Å². The average molecular weight is 296 g/mol. The first-order chi connectivity index (χ1) is 10.8. The topological polar surface area (TPSA) is 59.7 Å². The second-order valence-corrected chi connectivity index (χ2v) is 4.99. The molecule has 0 fully saturated rings. The van der Waals surface area contributed by atoms with Crippen LogP contribution in [0.3, 0.4) is 0 Å². The molecular formula is C18H16O4. The normalized spacial score (nSPS) is 10.8. The van der Waals surface area contributed by atoms with Crippen molar-refractivity contribution >= 4 is 11.0 Å². The molecule has 0 spiro atoms. The molecule has 3 rings (SSSR count). The minimum absolute atomic E-state index is 0.0192. The van der Waals surface area contributed by atoms with E-state index in [1.54, 1.807) is 24.3 Å². The van der Waals surface area contributed by atoms with Crippen molar-refractivity contribution < 1.29 is 14.3 Å². The van der Waals surface area contributed by atoms with Crippen molar-refractivity contribution in [2.45, 2.75) is 12.8 Å². The third-order valence-electron chi connectivity index (χ3n) is 3.48. The first kappa shape index (κ1) is 14.4. The fourth-order valence-corrected chi connectivity index (χ4v) is 2.41. The monoisotopic (exact) mass is 296 g/mol. The van der Waals surface area contributed by atoms with Crippen molar-refractivity contribution in [2.75, 3.05) is 6.79 Å². The van der Waals surface area contributed by atoms with Gasteiger partial charge in [-0.2, -0.15) is 0 Å². The van der Waals surface area contributed by atoms with Crippen molar-refractivity contribution in [3.8, 4) is 5.75 Å². The zero-order chi connectivity index (χ0) is 15.4. The van der Waals surface area contributed by atoms with Crippen molar-refractivity contribution in [3.05, 3.63) is 76.1 Å². The third kappa shape index (κ3) is 3.18. The highest BCUT2D eigenvalue weighted by Gasteiger charge is 2.05. The van der Waals surface area contributed by atoms with Gasteiger partial charge in [0.2, 0.25) is 0 Å². The maximum absolute atomic E-state index is 12.0. The molecule has 4 nitrogen and oxygen atoms in total. The van der Waals surface area contributed by atoms with Crippen molar-refractivity contribution in [1.82, 2.24) is 0 Å². The molecule has 1 heterocycles. The lowest BCUT2D eigenvalue weighted by molar-refractivity contribution is 0.0985. The Morgan fingerprint density at radius 3 is 2.73 bits per heavy atom. The van der Waals surface area contributed by atoms with Crippen LogP contribution in [-0.4, -0.2) is 11.9 Å². The summed E-state index contributed by atoms with van der Waals surface area (Å²) >= 11 is 0. The van der Waals surface area contributed by atoms with Crippen LogP contribution in [-0.2, 0) is 12.8 Å². The SMILES string of the molecule is O=c1cc(CCc2cccc(OCO)c2)oc2ccccc12. The van der Waals surface area contributed by atoms with Crippen LogP contribution in [0.1, 0.15) is 11.3 Å². The van der Waals surface area contributed by atoms with Gasteiger partial charge in [-0.25, -0.2) is 0 Å². The lowest BCUT2D eigenvalue weighted by atomic mass is 10.1. The predicted octanol–water partition coefficient (Wildman–Crippen LogP) is 2.91. The van der Waals surface area contributed by atoms with Gasteiger partial charge in [-0.1, -0.05) is 24.3 Å². The molecule has 22 heavy (non-hydrogen) atoms. The molecule has 0 aliphatic carbocycles. The van der Waals surface area contributed by atoms with Gasteiger partial charge >= 0.3 is 0 Å². The minimum atomic E-state index is -0.344. The molecule has 0 saturated heterocycles. The van der Waals surface area contributed by atoms with E-state index in [4.69, 9.17) is 14.3 Å². The van der Waals surface area contributed by atoms with Crippen LogP contribution in [0.25, 0.3) is 11.0 Å². The van der Waals surface area contributed by atoms with Crippen LogP contribution in [0.2, 0.25) is 0 Å². The number of para-hydroxylation sites is 1. The van der Waals surface area contributed by atoms with Crippen LogP contribution >= 0.6 is 0 Å². The van der Waals surface area contributed by atoms with Crippen LogP contribution < -0.4 is 10.2 Å². The number of ether oxygens (including phenoxy) is 1. The van der Waals surface area contributed by atoms with Gasteiger partial charge in [-0.15, -0.1) is 0 Å². The molecule has 0 unspecified atom stereocenters. The highest BCUT2D eigenvalue weighted by atomic mass is 16.6. The number of benzene rings is 2. The Labute approximate surface area is 127 Å². The van der Waals surface area contributed by atoms with E-state index in [0.29, 0.717) is 28.9 Å². The fraction of sp³-hybridized carbons (Fsp3) is 0.167. The van der Waals surface area contributed by atoms with Crippen LogP contribution in [0, 0.1) is 0 Å². The van der Waals surface area contributed by atoms with E-state index >= 15 is 0 Å². The molecule has 0 radical (unpaired) electrons. The lowest BCUT2D eigenvalue weighted by Gasteiger charge is -2.06. The van der Waals surface area contributed by atoms with Gasteiger partial charge in [-0.05, 0) is 36.2 Å². The van der Waals surface area contributed by atoms with Crippen LogP contribution in [0.15, 0.2) is 63.8 Å². The maximum Gasteiger partial charge on any atom is 0.192 e. The standard InChI is InChI=1S/C18H16O4/c19-12-21-14-5-3-4-13(10-14)8-9-15-11-17(20)16-6-1-2-7-18(16)22-15/h1-7,10-11,19H,8-9,12H2. The lowest BCUT2D eigenvalue weighted by Crippen LogP contribution is -2.03. The van der Waals surface area contributed by atoms with E-state index < -0.39 is 0 Å². The van der Waals surface area contributed by atoms with Gasteiger partial charge in [0.15, 0.2) is 12.2 Å². The molecule has 0 amide bonds. The van der Waals surface area contributed by atoms with E-state index in [-0.39, 0.29) is 12.2 Å². The molecule has 0 aliphatic heterocycles. The van der Waals surface area contributed by atoms with E-state index in [2.05, 4.69) is 0 Å². The third-order valence-corrected chi connectivity index (χ3v) is 3.48. The Hall–Kier alpha value is -2.59. The first-order valence-electron chi connectivity index (χ1n) is 7.10. The molecule has 0 aliphatic rings. The van der Waals surface area contributed by atoms with Gasteiger partial charge in [-0.3, -0.25) is 4.79 Å². The zero-order valence-corrected chi connectivity index (χ0v) is 12.0. The minimum Gasteiger partial charge on any atom is -0.468 e. The second-order valence-electron chi connectivity index (χ2n) is 4.99. The van der Waals surface area contributed by atoms with Crippen LogP contribution in [0.4, 0.5) is 0 Å². The van der Waals surface area contributed by atoms with Crippen LogP contribution in [0.5, 0.6) is 5.75 Å². The maximum atomic E-state index is 12.0. The van der Waals surface area contributed by atoms with Crippen molar-refractivity contribution in [2.24, 2.45) is 0 Å². The van der Waals surface area contributed by atoms with Gasteiger partial charge in [0.25, 0.3) is 0 Å². The number of rotatable bonds is 5. The Bertz CT molecular complexity index is 836. The summed E-state index contributed by atoms with van der Waals surface area (Å²) in [5, 5.41) is 9.38. The number of aliphatic hydroxyl groups excluding tert-OH is 1. The Morgan fingerprint density at radius 1 is 1.00 bits per heavy atom. The summed E-state index contributed by atoms with van der Waals surface area (Å²) in [6.45, 7) is -0.344. The molecule has 4 heteroatoms. The molecule has 3 aromatic rings. The number of hydrogen-bond acceptors (Lipinski definition) is 4. The van der Waals surface area contributed by atoms with E-state index in [1.165, 1.54) is 0 Å². The molecule has 0 atom stereocenters. The number of hydrogen-bond donors (Lipinski definition) is 1. The van der Waals surface area contributed by atoms with Gasteiger partial charge < -0.3 is 14.3 Å². The number of aliphatic hydroxyl groups is 1. The average Bonchev–Trinajstić information content (AvgIpc) is 2.54. The predicted molar refractivity (Wildman–Crippen MR) is 84.0 cm³/mol. The largest absolute Gasteiger partial charge is 0.468 e. The molecule has 2 aromatic carbocycles. The molecule has 0 bridgehead atoms. The summed E-state index contributed by atoms with van der Waals surface area (Å²) in [5.41, 5.74) is 1.65. The Balaban J connectivity index is 1.79.